The molecule has 0 saturated carbocycles. The monoisotopic (exact) mass is 218 g/mol. The second-order valence-electron chi connectivity index (χ2n) is 2.86. The Balaban J connectivity index is 0.000000292. The van der Waals surface area contributed by atoms with Crippen LogP contribution in [0.2, 0.25) is 0 Å². The van der Waals surface area contributed by atoms with Crippen LogP contribution in [0.15, 0.2) is 24.4 Å². The molecule has 0 aliphatic rings. The molecule has 80 valence electrons. The van der Waals surface area contributed by atoms with E-state index in [0.717, 1.165) is 6.54 Å². The van der Waals surface area contributed by atoms with Gasteiger partial charge in [-0.3, -0.25) is 4.55 Å². The Morgan fingerprint density at radius 1 is 1.43 bits per heavy atom. The maximum Gasteiger partial charge on any atom is 0.261 e. The van der Waals surface area contributed by atoms with Gasteiger partial charge in [-0.05, 0) is 6.92 Å². The van der Waals surface area contributed by atoms with Crippen molar-refractivity contribution in [1.29, 1.82) is 0 Å². The normalized spacial score (nSPS) is 10.3. The summed E-state index contributed by atoms with van der Waals surface area (Å²) < 4.78 is 28.1. The van der Waals surface area contributed by atoms with Crippen LogP contribution in [-0.4, -0.2) is 19.2 Å². The predicted octanol–water partition coefficient (Wildman–Crippen LogP) is 0.806. The highest BCUT2D eigenvalue weighted by Crippen LogP contribution is 1.85. The van der Waals surface area contributed by atoms with Crippen LogP contribution >= 0.6 is 0 Å². The number of aryl methyl sites for hydroxylation is 2. The zero-order valence-corrected chi connectivity index (χ0v) is 9.45. The second kappa shape index (κ2) is 5.72. The van der Waals surface area contributed by atoms with E-state index in [0.29, 0.717) is 6.26 Å². The van der Waals surface area contributed by atoms with E-state index in [-0.39, 0.29) is 0 Å². The maximum absolute atomic E-state index is 9.19. The minimum atomic E-state index is -3.67. The summed E-state index contributed by atoms with van der Waals surface area (Å²) in [5.74, 6) is 0. The van der Waals surface area contributed by atoms with Crippen LogP contribution < -0.4 is 4.57 Å². The maximum atomic E-state index is 9.19. The van der Waals surface area contributed by atoms with E-state index in [9.17, 15) is 8.42 Å². The molecule has 0 spiro atoms. The minimum Gasteiger partial charge on any atom is -0.286 e. The van der Waals surface area contributed by atoms with Crippen molar-refractivity contribution in [3.8, 4) is 0 Å². The number of pyridine rings is 1. The third kappa shape index (κ3) is 7.70. The fourth-order valence-corrected chi connectivity index (χ4v) is 0.917. The molecule has 1 aromatic rings. The van der Waals surface area contributed by atoms with Crippen LogP contribution in [0.1, 0.15) is 12.6 Å². The molecule has 1 N–H and O–H groups in total. The first-order chi connectivity index (χ1) is 6.34. The summed E-state index contributed by atoms with van der Waals surface area (Å²) in [5.41, 5.74) is 1.32. The molecule has 0 unspecified atom stereocenters. The molecule has 1 aromatic heterocycles. The Hall–Kier alpha value is -0.940. The van der Waals surface area contributed by atoms with Crippen LogP contribution in [0.25, 0.3) is 0 Å². The molecule has 4 nitrogen and oxygen atoms in total. The average molecular weight is 218 g/mol. The van der Waals surface area contributed by atoms with Gasteiger partial charge in [0.2, 0.25) is 0 Å². The van der Waals surface area contributed by atoms with Crippen molar-refractivity contribution in [3.05, 3.63) is 30.1 Å². The van der Waals surface area contributed by atoms with Gasteiger partial charge in [0.05, 0.1) is 6.26 Å². The molecule has 0 atom stereocenters. The lowest BCUT2D eigenvalue weighted by molar-refractivity contribution is -0.699. The van der Waals surface area contributed by atoms with Gasteiger partial charge in [-0.1, -0.05) is 6.07 Å². The Morgan fingerprint density at radius 3 is 2.21 bits per heavy atom. The first-order valence-corrected chi connectivity index (χ1v) is 6.07. The summed E-state index contributed by atoms with van der Waals surface area (Å²) >= 11 is 0. The Kier molecular flexibility index (Phi) is 5.34. The van der Waals surface area contributed by atoms with Gasteiger partial charge in [0.15, 0.2) is 11.9 Å². The van der Waals surface area contributed by atoms with E-state index in [1.807, 2.05) is 0 Å². The Bertz CT molecular complexity index is 365. The zero-order valence-electron chi connectivity index (χ0n) is 8.64. The molecule has 14 heavy (non-hydrogen) atoms. The smallest absolute Gasteiger partial charge is 0.261 e. The lowest BCUT2D eigenvalue weighted by atomic mass is 10.4. The molecule has 0 aromatic carbocycles. The van der Waals surface area contributed by atoms with E-state index in [4.69, 9.17) is 4.55 Å². The molecule has 5 heteroatoms. The first kappa shape index (κ1) is 13.1. The van der Waals surface area contributed by atoms with Crippen molar-refractivity contribution in [2.75, 3.05) is 6.26 Å². The fourth-order valence-electron chi connectivity index (χ4n) is 0.917. The molecular formula is C9H16NO3S+. The average Bonchev–Trinajstić information content (AvgIpc) is 2.02. The number of rotatable bonds is 1. The fraction of sp³-hybridized carbons (Fsp3) is 0.444. The zero-order chi connectivity index (χ0) is 11.2. The lowest BCUT2D eigenvalue weighted by Crippen LogP contribution is -2.34. The van der Waals surface area contributed by atoms with Gasteiger partial charge in [0.1, 0.15) is 6.54 Å². The van der Waals surface area contributed by atoms with Crippen LogP contribution in [-0.2, 0) is 16.7 Å². The van der Waals surface area contributed by atoms with Gasteiger partial charge >= 0.3 is 0 Å². The van der Waals surface area contributed by atoms with Crippen molar-refractivity contribution < 1.29 is 17.5 Å². The molecule has 0 aliphatic carbocycles. The standard InChI is InChI=1S/C8H12N.CH4O3S/c1-3-9-7-5-4-6-8(9)2;1-5(2,3)4/h4-7H,3H2,1-2H3;1H3,(H,2,3,4)/q+1;. The molecule has 0 saturated heterocycles. The summed E-state index contributed by atoms with van der Waals surface area (Å²) in [4.78, 5) is 0. The van der Waals surface area contributed by atoms with E-state index >= 15 is 0 Å². The summed E-state index contributed by atoms with van der Waals surface area (Å²) in [6.07, 6.45) is 2.81. The third-order valence-corrected chi connectivity index (χ3v) is 1.51. The Morgan fingerprint density at radius 2 is 1.93 bits per heavy atom. The highest BCUT2D eigenvalue weighted by molar-refractivity contribution is 7.85. The largest absolute Gasteiger partial charge is 0.286 e. The number of hydrogen-bond donors (Lipinski definition) is 1. The highest BCUT2D eigenvalue weighted by Gasteiger charge is 1.96. The SMILES string of the molecule is CC[n+]1ccccc1C.CS(=O)(=O)O. The number of hydrogen-bond acceptors (Lipinski definition) is 2. The first-order valence-electron chi connectivity index (χ1n) is 4.22. The van der Waals surface area contributed by atoms with E-state index in [2.05, 4.69) is 42.8 Å². The number of aromatic nitrogens is 1. The van der Waals surface area contributed by atoms with Crippen molar-refractivity contribution in [2.24, 2.45) is 0 Å². The van der Waals surface area contributed by atoms with E-state index < -0.39 is 10.1 Å². The highest BCUT2D eigenvalue weighted by atomic mass is 32.2. The van der Waals surface area contributed by atoms with Crippen LogP contribution in [0.5, 0.6) is 0 Å². The molecule has 0 amide bonds. The van der Waals surface area contributed by atoms with Crippen LogP contribution in [0, 0.1) is 6.92 Å². The molecule has 0 fully saturated rings. The van der Waals surface area contributed by atoms with Gasteiger partial charge in [-0.15, -0.1) is 0 Å². The Labute approximate surface area is 85.0 Å². The summed E-state index contributed by atoms with van der Waals surface area (Å²) in [7, 11) is -3.67. The van der Waals surface area contributed by atoms with Crippen molar-refractivity contribution in [1.82, 2.24) is 0 Å². The summed E-state index contributed by atoms with van der Waals surface area (Å²) in [6.45, 7) is 5.32. The third-order valence-electron chi connectivity index (χ3n) is 1.51. The van der Waals surface area contributed by atoms with Gasteiger partial charge in [-0.2, -0.15) is 8.42 Å². The van der Waals surface area contributed by atoms with Crippen molar-refractivity contribution >= 4 is 10.1 Å². The number of nitrogens with zero attached hydrogens (tertiary/aromatic N) is 1. The molecular weight excluding hydrogens is 202 g/mol. The van der Waals surface area contributed by atoms with Gasteiger partial charge in [-0.25, -0.2) is 4.57 Å². The van der Waals surface area contributed by atoms with Crippen molar-refractivity contribution in [3.63, 3.8) is 0 Å². The van der Waals surface area contributed by atoms with Gasteiger partial charge in [0, 0.05) is 19.1 Å². The topological polar surface area (TPSA) is 58.2 Å². The van der Waals surface area contributed by atoms with E-state index in [1.165, 1.54) is 5.69 Å². The molecule has 0 bridgehead atoms. The van der Waals surface area contributed by atoms with Gasteiger partial charge < -0.3 is 0 Å². The van der Waals surface area contributed by atoms with Gasteiger partial charge in [0.25, 0.3) is 10.1 Å². The quantitative estimate of drug-likeness (QED) is 0.560. The minimum absolute atomic E-state index is 0.715. The molecule has 0 aliphatic heterocycles. The predicted molar refractivity (Wildman–Crippen MR) is 54.5 cm³/mol. The van der Waals surface area contributed by atoms with Crippen LogP contribution in [0.4, 0.5) is 0 Å². The lowest BCUT2D eigenvalue weighted by Gasteiger charge is -1.92. The van der Waals surface area contributed by atoms with Crippen molar-refractivity contribution in [2.45, 2.75) is 20.4 Å². The summed E-state index contributed by atoms with van der Waals surface area (Å²) in [6, 6.07) is 6.22. The molecule has 1 heterocycles. The summed E-state index contributed by atoms with van der Waals surface area (Å²) in [5, 5.41) is 0. The molecule has 1 rings (SSSR count). The second-order valence-corrected chi connectivity index (χ2v) is 4.33. The molecule has 0 radical (unpaired) electrons. The van der Waals surface area contributed by atoms with Crippen LogP contribution in [0.3, 0.4) is 0 Å². The van der Waals surface area contributed by atoms with E-state index in [1.54, 1.807) is 0 Å².